The highest BCUT2D eigenvalue weighted by Gasteiger charge is 2.00. The molecule has 0 amide bonds. The van der Waals surface area contributed by atoms with Crippen LogP contribution in [-0.2, 0) is 0 Å². The second-order valence-corrected chi connectivity index (χ2v) is 2.93. The Morgan fingerprint density at radius 1 is 1.07 bits per heavy atom. The summed E-state index contributed by atoms with van der Waals surface area (Å²) in [6.45, 7) is 1.85. The van der Waals surface area contributed by atoms with Crippen molar-refractivity contribution in [2.45, 2.75) is 6.92 Å². The van der Waals surface area contributed by atoms with Gasteiger partial charge in [0.25, 0.3) is 0 Å². The molecule has 2 rings (SSSR count). The van der Waals surface area contributed by atoms with Gasteiger partial charge in [-0.1, -0.05) is 0 Å². The van der Waals surface area contributed by atoms with Gasteiger partial charge in [0.2, 0.25) is 0 Å². The van der Waals surface area contributed by atoms with Crippen LogP contribution < -0.4 is 0 Å². The Hall–Kier alpha value is -1.84. The van der Waals surface area contributed by atoms with Gasteiger partial charge >= 0.3 is 0 Å². The zero-order chi connectivity index (χ0) is 9.97. The van der Waals surface area contributed by atoms with Gasteiger partial charge in [0.15, 0.2) is 0 Å². The zero-order valence-corrected chi connectivity index (χ0v) is 7.61. The average Bonchev–Trinajstić information content (AvgIpc) is 2.19. The zero-order valence-electron chi connectivity index (χ0n) is 7.61. The minimum atomic E-state index is -0.370. The predicted molar refractivity (Wildman–Crippen MR) is 50.0 cm³/mol. The molecule has 0 unspecified atom stereocenters. The van der Waals surface area contributed by atoms with Gasteiger partial charge < -0.3 is 0 Å². The molecule has 0 radical (unpaired) electrons. The minimum absolute atomic E-state index is 0.370. The molecule has 0 fully saturated rings. The monoisotopic (exact) mass is 189 g/mol. The van der Waals surface area contributed by atoms with E-state index in [-0.39, 0.29) is 5.82 Å². The lowest BCUT2D eigenvalue weighted by Gasteiger charge is -1.99. The van der Waals surface area contributed by atoms with Gasteiger partial charge in [-0.25, -0.2) is 4.39 Å². The number of halogens is 1. The van der Waals surface area contributed by atoms with E-state index in [2.05, 4.69) is 15.0 Å². The summed E-state index contributed by atoms with van der Waals surface area (Å²) in [6.07, 6.45) is 5.96. The summed E-state index contributed by atoms with van der Waals surface area (Å²) < 4.78 is 12.8. The Bertz CT molecular complexity index is 439. The Balaban J connectivity index is 2.44. The molecule has 0 aliphatic rings. The number of aryl methyl sites for hydroxylation is 1. The van der Waals surface area contributed by atoms with E-state index in [9.17, 15) is 4.39 Å². The summed E-state index contributed by atoms with van der Waals surface area (Å²) in [7, 11) is 0. The molecule has 0 aromatic carbocycles. The van der Waals surface area contributed by atoms with Crippen molar-refractivity contribution in [1.82, 2.24) is 15.0 Å². The first-order chi connectivity index (χ1) is 6.75. The maximum atomic E-state index is 12.8. The first-order valence-electron chi connectivity index (χ1n) is 4.15. The summed E-state index contributed by atoms with van der Waals surface area (Å²) in [6, 6.07) is 1.38. The lowest BCUT2D eigenvalue weighted by molar-refractivity contribution is 0.622. The molecule has 0 spiro atoms. The fraction of sp³-hybridized carbons (Fsp3) is 0.100. The first-order valence-corrected chi connectivity index (χ1v) is 4.15. The van der Waals surface area contributed by atoms with E-state index in [4.69, 9.17) is 0 Å². The summed E-state index contributed by atoms with van der Waals surface area (Å²) in [4.78, 5) is 11.9. The summed E-state index contributed by atoms with van der Waals surface area (Å²) >= 11 is 0. The third kappa shape index (κ3) is 1.74. The SMILES string of the molecule is Cc1cnc(-c2cncc(F)c2)cn1. The molecule has 4 heteroatoms. The smallest absolute Gasteiger partial charge is 0.142 e. The van der Waals surface area contributed by atoms with Crippen molar-refractivity contribution >= 4 is 0 Å². The van der Waals surface area contributed by atoms with Crippen molar-refractivity contribution in [1.29, 1.82) is 0 Å². The van der Waals surface area contributed by atoms with E-state index in [1.54, 1.807) is 18.6 Å². The Morgan fingerprint density at radius 2 is 1.93 bits per heavy atom. The van der Waals surface area contributed by atoms with Crippen molar-refractivity contribution in [3.63, 3.8) is 0 Å². The molecular weight excluding hydrogens is 181 g/mol. The van der Waals surface area contributed by atoms with Gasteiger partial charge in [0.05, 0.1) is 23.8 Å². The van der Waals surface area contributed by atoms with Crippen LogP contribution in [0.2, 0.25) is 0 Å². The highest BCUT2D eigenvalue weighted by Crippen LogP contribution is 2.14. The van der Waals surface area contributed by atoms with Gasteiger partial charge in [0.1, 0.15) is 5.82 Å². The molecular formula is C10H8FN3. The molecule has 0 N–H and O–H groups in total. The van der Waals surface area contributed by atoms with Crippen molar-refractivity contribution < 1.29 is 4.39 Å². The van der Waals surface area contributed by atoms with Crippen LogP contribution in [0.5, 0.6) is 0 Å². The van der Waals surface area contributed by atoms with Crippen LogP contribution >= 0.6 is 0 Å². The standard InChI is InChI=1S/C10H8FN3/c1-7-3-14-10(6-13-7)8-2-9(11)5-12-4-8/h2-6H,1H3. The van der Waals surface area contributed by atoms with Crippen LogP contribution in [0.1, 0.15) is 5.69 Å². The quantitative estimate of drug-likeness (QED) is 0.688. The van der Waals surface area contributed by atoms with Gasteiger partial charge in [0, 0.05) is 18.0 Å². The molecule has 0 atom stereocenters. The topological polar surface area (TPSA) is 38.7 Å². The molecule has 0 bridgehead atoms. The molecule has 14 heavy (non-hydrogen) atoms. The second-order valence-electron chi connectivity index (χ2n) is 2.93. The lowest BCUT2D eigenvalue weighted by atomic mass is 10.2. The summed E-state index contributed by atoms with van der Waals surface area (Å²) in [5, 5.41) is 0. The molecule has 2 aromatic heterocycles. The van der Waals surface area contributed by atoms with Crippen molar-refractivity contribution in [3.05, 3.63) is 42.4 Å². The predicted octanol–water partition coefficient (Wildman–Crippen LogP) is 1.99. The fourth-order valence-corrected chi connectivity index (χ4v) is 1.09. The number of hydrogen-bond acceptors (Lipinski definition) is 3. The fourth-order valence-electron chi connectivity index (χ4n) is 1.09. The van der Waals surface area contributed by atoms with E-state index in [1.165, 1.54) is 6.07 Å². The van der Waals surface area contributed by atoms with Crippen LogP contribution in [0.15, 0.2) is 30.9 Å². The van der Waals surface area contributed by atoms with Gasteiger partial charge in [-0.15, -0.1) is 0 Å². The largest absolute Gasteiger partial charge is 0.261 e. The third-order valence-electron chi connectivity index (χ3n) is 1.78. The van der Waals surface area contributed by atoms with Crippen LogP contribution in [0.4, 0.5) is 4.39 Å². The highest BCUT2D eigenvalue weighted by molar-refractivity contribution is 5.56. The highest BCUT2D eigenvalue weighted by atomic mass is 19.1. The summed E-state index contributed by atoms with van der Waals surface area (Å²) in [5.74, 6) is -0.370. The van der Waals surface area contributed by atoms with E-state index in [0.29, 0.717) is 11.3 Å². The maximum Gasteiger partial charge on any atom is 0.142 e. The molecule has 0 saturated carbocycles. The van der Waals surface area contributed by atoms with Gasteiger partial charge in [-0.2, -0.15) is 0 Å². The van der Waals surface area contributed by atoms with Crippen LogP contribution in [0.3, 0.4) is 0 Å². The maximum absolute atomic E-state index is 12.8. The van der Waals surface area contributed by atoms with E-state index in [0.717, 1.165) is 11.9 Å². The lowest BCUT2D eigenvalue weighted by Crippen LogP contribution is -1.89. The molecule has 2 aromatic rings. The normalized spacial score (nSPS) is 10.1. The number of aromatic nitrogens is 3. The van der Waals surface area contributed by atoms with Crippen molar-refractivity contribution in [2.75, 3.05) is 0 Å². The minimum Gasteiger partial charge on any atom is -0.261 e. The third-order valence-corrected chi connectivity index (χ3v) is 1.78. The number of pyridine rings is 1. The average molecular weight is 189 g/mol. The van der Waals surface area contributed by atoms with Crippen LogP contribution in [-0.4, -0.2) is 15.0 Å². The van der Waals surface area contributed by atoms with E-state index in [1.807, 2.05) is 6.92 Å². The van der Waals surface area contributed by atoms with Crippen molar-refractivity contribution in [2.24, 2.45) is 0 Å². The Labute approximate surface area is 80.7 Å². The summed E-state index contributed by atoms with van der Waals surface area (Å²) in [5.41, 5.74) is 2.10. The number of rotatable bonds is 1. The second kappa shape index (κ2) is 3.49. The Kier molecular flexibility index (Phi) is 2.18. The van der Waals surface area contributed by atoms with E-state index < -0.39 is 0 Å². The molecule has 0 saturated heterocycles. The number of hydrogen-bond donors (Lipinski definition) is 0. The van der Waals surface area contributed by atoms with Gasteiger partial charge in [-0.05, 0) is 13.0 Å². The molecule has 0 aliphatic heterocycles. The molecule has 0 aliphatic carbocycles. The van der Waals surface area contributed by atoms with Crippen LogP contribution in [0.25, 0.3) is 11.3 Å². The van der Waals surface area contributed by atoms with E-state index >= 15 is 0 Å². The number of nitrogens with zero attached hydrogens (tertiary/aromatic N) is 3. The molecule has 70 valence electrons. The Morgan fingerprint density at radius 3 is 2.57 bits per heavy atom. The molecule has 2 heterocycles. The van der Waals surface area contributed by atoms with Gasteiger partial charge in [-0.3, -0.25) is 15.0 Å². The van der Waals surface area contributed by atoms with Crippen LogP contribution in [0, 0.1) is 12.7 Å². The molecule has 3 nitrogen and oxygen atoms in total. The first kappa shape index (κ1) is 8.74. The van der Waals surface area contributed by atoms with Crippen molar-refractivity contribution in [3.8, 4) is 11.3 Å².